The summed E-state index contributed by atoms with van der Waals surface area (Å²) in [5, 5.41) is 11.7. The molecule has 1 fully saturated rings. The van der Waals surface area contributed by atoms with E-state index in [4.69, 9.17) is 5.73 Å². The quantitative estimate of drug-likeness (QED) is 0.866. The first-order valence-corrected chi connectivity index (χ1v) is 6.72. The van der Waals surface area contributed by atoms with Gasteiger partial charge in [0.05, 0.1) is 0 Å². The van der Waals surface area contributed by atoms with E-state index in [-0.39, 0.29) is 18.4 Å². The second-order valence-electron chi connectivity index (χ2n) is 5.36. The molecule has 0 unspecified atom stereocenters. The Bertz CT molecular complexity index is 564. The molecule has 1 aliphatic carbocycles. The van der Waals surface area contributed by atoms with Crippen molar-refractivity contribution in [3.8, 4) is 5.75 Å². The van der Waals surface area contributed by atoms with E-state index in [0.29, 0.717) is 11.7 Å². The molecule has 2 aromatic carbocycles. The smallest absolute Gasteiger partial charge is 0.116 e. The normalized spacial score (nSPS) is 17.3. The highest BCUT2D eigenvalue weighted by Crippen LogP contribution is 2.35. The summed E-state index contributed by atoms with van der Waals surface area (Å²) in [6.07, 6.45) is 5.16. The van der Waals surface area contributed by atoms with E-state index >= 15 is 0 Å². The number of hydrogen-bond acceptors (Lipinski definition) is 2. The zero-order valence-corrected chi connectivity index (χ0v) is 11.7. The van der Waals surface area contributed by atoms with Gasteiger partial charge in [0.15, 0.2) is 0 Å². The van der Waals surface area contributed by atoms with Gasteiger partial charge in [-0.25, -0.2) is 0 Å². The first-order chi connectivity index (χ1) is 8.74. The maximum atomic E-state index is 9.46. The van der Waals surface area contributed by atoms with Crippen LogP contribution in [-0.2, 0) is 0 Å². The first kappa shape index (κ1) is 14.2. The van der Waals surface area contributed by atoms with Gasteiger partial charge in [-0.1, -0.05) is 31.0 Å². The Balaban J connectivity index is 0.00000133. The largest absolute Gasteiger partial charge is 0.508 e. The highest BCUT2D eigenvalue weighted by molar-refractivity contribution is 5.85. The first-order valence-electron chi connectivity index (χ1n) is 6.72. The Hall–Kier alpha value is -1.25. The minimum atomic E-state index is 0. The van der Waals surface area contributed by atoms with Gasteiger partial charge in [-0.3, -0.25) is 0 Å². The van der Waals surface area contributed by atoms with Crippen molar-refractivity contribution in [1.29, 1.82) is 0 Å². The third-order valence-corrected chi connectivity index (χ3v) is 4.14. The average molecular weight is 278 g/mol. The highest BCUT2D eigenvalue weighted by Gasteiger charge is 2.23. The molecule has 0 aromatic heterocycles. The second kappa shape index (κ2) is 5.81. The lowest BCUT2D eigenvalue weighted by molar-refractivity contribution is 0.445. The maximum Gasteiger partial charge on any atom is 0.116 e. The average Bonchev–Trinajstić information content (AvgIpc) is 2.91. The van der Waals surface area contributed by atoms with Crippen LogP contribution in [0.2, 0.25) is 0 Å². The molecule has 1 saturated carbocycles. The summed E-state index contributed by atoms with van der Waals surface area (Å²) < 4.78 is 0. The zero-order valence-electron chi connectivity index (χ0n) is 10.9. The molecule has 0 radical (unpaired) electrons. The lowest BCUT2D eigenvalue weighted by atomic mass is 9.91. The molecule has 19 heavy (non-hydrogen) atoms. The van der Waals surface area contributed by atoms with Crippen LogP contribution in [0.1, 0.15) is 37.3 Å². The van der Waals surface area contributed by atoms with Crippen molar-refractivity contribution in [2.45, 2.75) is 31.7 Å². The molecule has 3 rings (SSSR count). The summed E-state index contributed by atoms with van der Waals surface area (Å²) in [7, 11) is 0. The predicted molar refractivity (Wildman–Crippen MR) is 81.7 cm³/mol. The predicted octanol–water partition coefficient (Wildman–Crippen LogP) is 4.16. The van der Waals surface area contributed by atoms with Crippen molar-refractivity contribution in [1.82, 2.24) is 0 Å². The third-order valence-electron chi connectivity index (χ3n) is 4.14. The van der Waals surface area contributed by atoms with Crippen LogP contribution in [0, 0.1) is 5.92 Å². The zero-order chi connectivity index (χ0) is 12.5. The highest BCUT2D eigenvalue weighted by atomic mass is 35.5. The summed E-state index contributed by atoms with van der Waals surface area (Å²) in [5.74, 6) is 0.954. The van der Waals surface area contributed by atoms with Crippen molar-refractivity contribution in [2.24, 2.45) is 11.7 Å². The summed E-state index contributed by atoms with van der Waals surface area (Å²) in [6.45, 7) is 0. The van der Waals surface area contributed by atoms with Gasteiger partial charge in [0.2, 0.25) is 0 Å². The summed E-state index contributed by atoms with van der Waals surface area (Å²) in [5.41, 5.74) is 7.59. The van der Waals surface area contributed by atoms with Crippen molar-refractivity contribution in [3.63, 3.8) is 0 Å². The Morgan fingerprint density at radius 3 is 2.37 bits per heavy atom. The van der Waals surface area contributed by atoms with E-state index in [9.17, 15) is 5.11 Å². The Morgan fingerprint density at radius 1 is 1.00 bits per heavy atom. The van der Waals surface area contributed by atoms with Crippen LogP contribution in [0.4, 0.5) is 0 Å². The minimum absolute atomic E-state index is 0. The molecule has 0 spiro atoms. The number of halogens is 1. The molecule has 3 N–H and O–H groups in total. The van der Waals surface area contributed by atoms with E-state index in [1.165, 1.54) is 31.2 Å². The van der Waals surface area contributed by atoms with E-state index in [0.717, 1.165) is 10.8 Å². The van der Waals surface area contributed by atoms with Crippen molar-refractivity contribution in [3.05, 3.63) is 42.0 Å². The van der Waals surface area contributed by atoms with E-state index in [1.807, 2.05) is 6.07 Å². The number of phenolic OH excluding ortho intramolecular Hbond substituents is 1. The van der Waals surface area contributed by atoms with Crippen LogP contribution in [0.25, 0.3) is 10.8 Å². The number of rotatable bonds is 2. The fraction of sp³-hybridized carbons (Fsp3) is 0.375. The van der Waals surface area contributed by atoms with Gasteiger partial charge >= 0.3 is 0 Å². The van der Waals surface area contributed by atoms with Crippen LogP contribution in [0.3, 0.4) is 0 Å². The summed E-state index contributed by atoms with van der Waals surface area (Å²) in [4.78, 5) is 0. The molecule has 0 aliphatic heterocycles. The van der Waals surface area contributed by atoms with Gasteiger partial charge in [0.25, 0.3) is 0 Å². The minimum Gasteiger partial charge on any atom is -0.508 e. The molecule has 0 bridgehead atoms. The van der Waals surface area contributed by atoms with E-state index in [1.54, 1.807) is 12.1 Å². The molecule has 3 heteroatoms. The fourth-order valence-electron chi connectivity index (χ4n) is 3.05. The number of phenols is 1. The van der Waals surface area contributed by atoms with Gasteiger partial charge in [0, 0.05) is 6.04 Å². The molecule has 0 saturated heterocycles. The molecule has 1 atom stereocenters. The van der Waals surface area contributed by atoms with Crippen LogP contribution in [0.15, 0.2) is 36.4 Å². The van der Waals surface area contributed by atoms with Gasteiger partial charge in [0.1, 0.15) is 5.75 Å². The van der Waals surface area contributed by atoms with Crippen molar-refractivity contribution in [2.75, 3.05) is 0 Å². The molecule has 2 nitrogen and oxygen atoms in total. The standard InChI is InChI=1S/C16H19NO.ClH/c17-16(11-3-1-2-4-11)14-6-5-13-10-15(18)8-7-12(13)9-14;/h5-11,16,18H,1-4,17H2;1H/t16-;/m0./s1. The number of hydrogen-bond donors (Lipinski definition) is 2. The van der Waals surface area contributed by atoms with Gasteiger partial charge in [-0.2, -0.15) is 0 Å². The number of nitrogens with two attached hydrogens (primary N) is 1. The molecule has 1 aliphatic rings. The molecule has 102 valence electrons. The lowest BCUT2D eigenvalue weighted by Gasteiger charge is -2.19. The Kier molecular flexibility index (Phi) is 4.33. The third kappa shape index (κ3) is 2.85. The maximum absolute atomic E-state index is 9.46. The van der Waals surface area contributed by atoms with Crippen LogP contribution in [0.5, 0.6) is 5.75 Å². The molecule has 0 amide bonds. The van der Waals surface area contributed by atoms with Crippen molar-refractivity contribution < 1.29 is 5.11 Å². The Morgan fingerprint density at radius 2 is 1.63 bits per heavy atom. The number of aromatic hydroxyl groups is 1. The topological polar surface area (TPSA) is 46.2 Å². The van der Waals surface area contributed by atoms with Gasteiger partial charge in [-0.15, -0.1) is 12.4 Å². The summed E-state index contributed by atoms with van der Waals surface area (Å²) in [6, 6.07) is 12.0. The van der Waals surface area contributed by atoms with Gasteiger partial charge in [-0.05, 0) is 53.3 Å². The van der Waals surface area contributed by atoms with Crippen LogP contribution >= 0.6 is 12.4 Å². The summed E-state index contributed by atoms with van der Waals surface area (Å²) >= 11 is 0. The van der Waals surface area contributed by atoms with Gasteiger partial charge < -0.3 is 10.8 Å². The lowest BCUT2D eigenvalue weighted by Crippen LogP contribution is -2.18. The monoisotopic (exact) mass is 277 g/mol. The van der Waals surface area contributed by atoms with E-state index < -0.39 is 0 Å². The SMILES string of the molecule is Cl.N[C@H](c1ccc2cc(O)ccc2c1)C1CCCC1. The second-order valence-corrected chi connectivity index (χ2v) is 5.36. The molecular weight excluding hydrogens is 258 g/mol. The number of fused-ring (bicyclic) bond motifs is 1. The fourth-order valence-corrected chi connectivity index (χ4v) is 3.05. The van der Waals surface area contributed by atoms with Crippen molar-refractivity contribution >= 4 is 23.2 Å². The van der Waals surface area contributed by atoms with Crippen LogP contribution < -0.4 is 5.73 Å². The molecule has 0 heterocycles. The van der Waals surface area contributed by atoms with Crippen LogP contribution in [-0.4, -0.2) is 5.11 Å². The van der Waals surface area contributed by atoms with E-state index in [2.05, 4.69) is 18.2 Å². The number of benzene rings is 2. The Labute approximate surface area is 120 Å². The molecular formula is C16H20ClNO. The molecule has 2 aromatic rings.